The molecule has 0 unspecified atom stereocenters. The number of carbonyl (C=O) groups excluding carboxylic acids is 2. The lowest BCUT2D eigenvalue weighted by atomic mass is 10.1. The molecule has 0 bridgehead atoms. The van der Waals surface area contributed by atoms with Gasteiger partial charge in [0, 0.05) is 35.6 Å². The molecule has 0 atom stereocenters. The third-order valence-corrected chi connectivity index (χ3v) is 4.78. The molecule has 1 aliphatic heterocycles. The van der Waals surface area contributed by atoms with E-state index in [1.54, 1.807) is 23.2 Å². The first-order valence-corrected chi connectivity index (χ1v) is 8.89. The zero-order valence-corrected chi connectivity index (χ0v) is 14.7. The maximum atomic E-state index is 12.9. The quantitative estimate of drug-likeness (QED) is 0.923. The zero-order chi connectivity index (χ0) is 18.1. The molecule has 1 fully saturated rings. The Morgan fingerprint density at radius 1 is 1.27 bits per heavy atom. The molecule has 2 aromatic rings. The van der Waals surface area contributed by atoms with Gasteiger partial charge in [-0.25, -0.2) is 0 Å². The summed E-state index contributed by atoms with van der Waals surface area (Å²) in [6.45, 7) is 3.22. The highest BCUT2D eigenvalue weighted by Gasteiger charge is 2.30. The molecule has 2 heterocycles. The zero-order valence-electron chi connectivity index (χ0n) is 14.7. The first kappa shape index (κ1) is 16.6. The van der Waals surface area contributed by atoms with Gasteiger partial charge < -0.3 is 15.0 Å². The van der Waals surface area contributed by atoms with Gasteiger partial charge in [-0.1, -0.05) is 0 Å². The van der Waals surface area contributed by atoms with E-state index in [2.05, 4.69) is 10.3 Å². The second kappa shape index (κ2) is 6.78. The van der Waals surface area contributed by atoms with Crippen molar-refractivity contribution in [2.45, 2.75) is 26.3 Å². The maximum absolute atomic E-state index is 12.9. The van der Waals surface area contributed by atoms with Crippen molar-refractivity contribution in [2.75, 3.05) is 18.5 Å². The van der Waals surface area contributed by atoms with Crippen molar-refractivity contribution in [3.8, 4) is 5.75 Å². The number of anilines is 1. The van der Waals surface area contributed by atoms with E-state index in [-0.39, 0.29) is 17.7 Å². The maximum Gasteiger partial charge on any atom is 0.256 e. The Bertz CT molecular complexity index is 861. The van der Waals surface area contributed by atoms with Crippen LogP contribution in [0, 0.1) is 12.8 Å². The van der Waals surface area contributed by atoms with Crippen molar-refractivity contribution in [1.82, 2.24) is 9.88 Å². The summed E-state index contributed by atoms with van der Waals surface area (Å²) < 4.78 is 5.79. The van der Waals surface area contributed by atoms with E-state index in [4.69, 9.17) is 4.74 Å². The highest BCUT2D eigenvalue weighted by molar-refractivity contribution is 5.95. The van der Waals surface area contributed by atoms with Crippen LogP contribution in [0.5, 0.6) is 5.75 Å². The Hall–Kier alpha value is -2.89. The van der Waals surface area contributed by atoms with Crippen LogP contribution >= 0.6 is 0 Å². The topological polar surface area (TPSA) is 71.5 Å². The molecule has 134 valence electrons. The predicted molar refractivity (Wildman–Crippen MR) is 97.0 cm³/mol. The Labute approximate surface area is 152 Å². The van der Waals surface area contributed by atoms with Crippen LogP contribution < -0.4 is 10.1 Å². The molecular formula is C20H21N3O3. The molecule has 0 saturated heterocycles. The van der Waals surface area contributed by atoms with Crippen LogP contribution in [0.25, 0.3) is 0 Å². The molecule has 1 saturated carbocycles. The number of ether oxygens (including phenoxy) is 1. The largest absolute Gasteiger partial charge is 0.491 e. The van der Waals surface area contributed by atoms with Crippen LogP contribution in [0.2, 0.25) is 0 Å². The first-order chi connectivity index (χ1) is 12.6. The second-order valence-electron chi connectivity index (χ2n) is 6.80. The normalized spacial score (nSPS) is 16.3. The van der Waals surface area contributed by atoms with Gasteiger partial charge >= 0.3 is 0 Å². The molecule has 2 amide bonds. The average molecular weight is 351 g/mol. The molecule has 2 aliphatic rings. The number of carbonyl (C=O) groups is 2. The van der Waals surface area contributed by atoms with Crippen LogP contribution in [0.3, 0.4) is 0 Å². The number of amides is 2. The van der Waals surface area contributed by atoms with E-state index in [1.165, 1.54) is 0 Å². The predicted octanol–water partition coefficient (Wildman–Crippen LogP) is 2.77. The number of aromatic nitrogens is 1. The van der Waals surface area contributed by atoms with Gasteiger partial charge in [0.2, 0.25) is 5.91 Å². The number of pyridine rings is 1. The van der Waals surface area contributed by atoms with Crippen LogP contribution in [0.15, 0.2) is 36.5 Å². The van der Waals surface area contributed by atoms with Crippen molar-refractivity contribution < 1.29 is 14.3 Å². The van der Waals surface area contributed by atoms with Gasteiger partial charge in [0.15, 0.2) is 0 Å². The number of aryl methyl sites for hydroxylation is 1. The summed E-state index contributed by atoms with van der Waals surface area (Å²) in [5.41, 5.74) is 2.96. The van der Waals surface area contributed by atoms with Crippen molar-refractivity contribution >= 4 is 17.5 Å². The smallest absolute Gasteiger partial charge is 0.256 e. The lowest BCUT2D eigenvalue weighted by Gasteiger charge is -2.20. The monoisotopic (exact) mass is 351 g/mol. The van der Waals surface area contributed by atoms with Gasteiger partial charge in [0.25, 0.3) is 5.91 Å². The molecule has 0 spiro atoms. The number of nitrogens with zero attached hydrogens (tertiary/aromatic N) is 2. The fourth-order valence-corrected chi connectivity index (χ4v) is 3.12. The van der Waals surface area contributed by atoms with Gasteiger partial charge in [-0.2, -0.15) is 0 Å². The van der Waals surface area contributed by atoms with Crippen LogP contribution in [0.1, 0.15) is 34.5 Å². The number of hydrogen-bond donors (Lipinski definition) is 1. The number of nitrogens with one attached hydrogen (secondary N) is 1. The minimum absolute atomic E-state index is 0.0560. The van der Waals surface area contributed by atoms with E-state index in [9.17, 15) is 9.59 Å². The molecule has 26 heavy (non-hydrogen) atoms. The standard InChI is InChI=1S/C20H21N3O3/c1-13-17(3-2-8-21-13)20(25)23-9-10-26-18-7-6-16(11-15(18)12-23)22-19(24)14-4-5-14/h2-3,6-8,11,14H,4-5,9-10,12H2,1H3,(H,22,24). The minimum Gasteiger partial charge on any atom is -0.491 e. The fraction of sp³-hybridized carbons (Fsp3) is 0.350. The highest BCUT2D eigenvalue weighted by Crippen LogP contribution is 2.32. The highest BCUT2D eigenvalue weighted by atomic mass is 16.5. The summed E-state index contributed by atoms with van der Waals surface area (Å²) in [7, 11) is 0. The van der Waals surface area contributed by atoms with Gasteiger partial charge in [-0.05, 0) is 50.1 Å². The number of fused-ring (bicyclic) bond motifs is 1. The van der Waals surface area contributed by atoms with E-state index >= 15 is 0 Å². The van der Waals surface area contributed by atoms with E-state index in [1.807, 2.05) is 25.1 Å². The van der Waals surface area contributed by atoms with Crippen molar-refractivity contribution in [3.05, 3.63) is 53.3 Å². The lowest BCUT2D eigenvalue weighted by molar-refractivity contribution is -0.117. The molecule has 0 radical (unpaired) electrons. The molecule has 1 aromatic carbocycles. The Morgan fingerprint density at radius 3 is 2.88 bits per heavy atom. The second-order valence-corrected chi connectivity index (χ2v) is 6.80. The lowest BCUT2D eigenvalue weighted by Crippen LogP contribution is -2.33. The number of hydrogen-bond acceptors (Lipinski definition) is 4. The van der Waals surface area contributed by atoms with Crippen LogP contribution in [-0.2, 0) is 11.3 Å². The summed E-state index contributed by atoms with van der Waals surface area (Å²) in [5.74, 6) is 0.919. The van der Waals surface area contributed by atoms with E-state index < -0.39 is 0 Å². The summed E-state index contributed by atoms with van der Waals surface area (Å²) >= 11 is 0. The summed E-state index contributed by atoms with van der Waals surface area (Å²) in [5, 5.41) is 2.95. The molecule has 6 nitrogen and oxygen atoms in total. The van der Waals surface area contributed by atoms with Gasteiger partial charge in [0.1, 0.15) is 12.4 Å². The first-order valence-electron chi connectivity index (χ1n) is 8.89. The molecular weight excluding hydrogens is 330 g/mol. The molecule has 6 heteroatoms. The van der Waals surface area contributed by atoms with Crippen molar-refractivity contribution in [1.29, 1.82) is 0 Å². The third kappa shape index (κ3) is 3.40. The van der Waals surface area contributed by atoms with E-state index in [0.717, 1.165) is 29.8 Å². The Kier molecular flexibility index (Phi) is 4.32. The summed E-state index contributed by atoms with van der Waals surface area (Å²) in [6, 6.07) is 9.18. The van der Waals surface area contributed by atoms with Gasteiger partial charge in [-0.15, -0.1) is 0 Å². The van der Waals surface area contributed by atoms with Crippen LogP contribution in [0.4, 0.5) is 5.69 Å². The summed E-state index contributed by atoms with van der Waals surface area (Å²) in [6.07, 6.45) is 3.61. The van der Waals surface area contributed by atoms with Crippen molar-refractivity contribution in [2.24, 2.45) is 5.92 Å². The molecule has 1 aromatic heterocycles. The molecule has 1 aliphatic carbocycles. The van der Waals surface area contributed by atoms with Crippen LogP contribution in [-0.4, -0.2) is 34.8 Å². The number of benzene rings is 1. The van der Waals surface area contributed by atoms with Gasteiger partial charge in [-0.3, -0.25) is 14.6 Å². The number of rotatable bonds is 3. The Balaban J connectivity index is 1.55. The average Bonchev–Trinajstić information content (AvgIpc) is 3.48. The van der Waals surface area contributed by atoms with Crippen molar-refractivity contribution in [3.63, 3.8) is 0 Å². The summed E-state index contributed by atoms with van der Waals surface area (Å²) in [4.78, 5) is 30.9. The fourth-order valence-electron chi connectivity index (χ4n) is 3.12. The van der Waals surface area contributed by atoms with E-state index in [0.29, 0.717) is 31.0 Å². The Morgan fingerprint density at radius 2 is 2.12 bits per heavy atom. The minimum atomic E-state index is -0.0560. The third-order valence-electron chi connectivity index (χ3n) is 4.78. The SMILES string of the molecule is Cc1ncccc1C(=O)N1CCOc2ccc(NC(=O)C3CC3)cc2C1. The molecule has 1 N–H and O–H groups in total. The molecule has 4 rings (SSSR count). The van der Waals surface area contributed by atoms with Gasteiger partial charge in [0.05, 0.1) is 12.1 Å².